The molecular formula is C11H19N3O. The van der Waals surface area contributed by atoms with Crippen molar-refractivity contribution in [3.63, 3.8) is 0 Å². The first-order valence-corrected chi connectivity index (χ1v) is 5.49. The lowest BCUT2D eigenvalue weighted by atomic mass is 10.1. The molecule has 1 aromatic heterocycles. The Bertz CT molecular complexity index is 282. The summed E-state index contributed by atoms with van der Waals surface area (Å²) in [6.45, 7) is 5.55. The minimum Gasteiger partial charge on any atom is -0.356 e. The molecule has 1 unspecified atom stereocenters. The van der Waals surface area contributed by atoms with Crippen molar-refractivity contribution in [1.82, 2.24) is 15.1 Å². The minimum absolute atomic E-state index is 0.120. The molecule has 0 aliphatic rings. The number of hydrogen-bond acceptors (Lipinski definition) is 2. The lowest BCUT2D eigenvalue weighted by Crippen LogP contribution is -2.30. The molecule has 1 heterocycles. The molecule has 0 bridgehead atoms. The van der Waals surface area contributed by atoms with Gasteiger partial charge in [-0.1, -0.05) is 13.8 Å². The maximum absolute atomic E-state index is 11.4. The van der Waals surface area contributed by atoms with Crippen molar-refractivity contribution in [3.8, 4) is 0 Å². The highest BCUT2D eigenvalue weighted by Gasteiger charge is 2.08. The van der Waals surface area contributed by atoms with Gasteiger partial charge in [0.1, 0.15) is 0 Å². The van der Waals surface area contributed by atoms with Gasteiger partial charge in [0.15, 0.2) is 0 Å². The summed E-state index contributed by atoms with van der Waals surface area (Å²) >= 11 is 0. The maximum Gasteiger partial charge on any atom is 0.222 e. The van der Waals surface area contributed by atoms with E-state index in [2.05, 4.69) is 10.4 Å². The van der Waals surface area contributed by atoms with E-state index in [-0.39, 0.29) is 11.8 Å². The summed E-state index contributed by atoms with van der Waals surface area (Å²) in [5.74, 6) is 0.271. The molecule has 1 atom stereocenters. The van der Waals surface area contributed by atoms with Gasteiger partial charge in [-0.3, -0.25) is 9.48 Å². The van der Waals surface area contributed by atoms with Gasteiger partial charge >= 0.3 is 0 Å². The molecule has 0 radical (unpaired) electrons. The third-order valence-corrected chi connectivity index (χ3v) is 2.48. The van der Waals surface area contributed by atoms with E-state index in [9.17, 15) is 4.79 Å². The maximum atomic E-state index is 11.4. The molecule has 4 heteroatoms. The lowest BCUT2D eigenvalue weighted by molar-refractivity contribution is -0.124. The predicted molar refractivity (Wildman–Crippen MR) is 59.3 cm³/mol. The number of amides is 1. The van der Waals surface area contributed by atoms with Crippen LogP contribution >= 0.6 is 0 Å². The fraction of sp³-hybridized carbons (Fsp3) is 0.636. The van der Waals surface area contributed by atoms with E-state index in [0.717, 1.165) is 25.9 Å². The second-order valence-corrected chi connectivity index (χ2v) is 3.72. The molecule has 0 fully saturated rings. The Balaban J connectivity index is 2.09. The molecule has 1 aromatic rings. The molecule has 1 amide bonds. The first kappa shape index (κ1) is 11.8. The molecule has 0 aliphatic carbocycles. The van der Waals surface area contributed by atoms with Crippen LogP contribution in [0.5, 0.6) is 0 Å². The highest BCUT2D eigenvalue weighted by molar-refractivity contribution is 5.78. The number of nitrogens with zero attached hydrogens (tertiary/aromatic N) is 2. The average molecular weight is 209 g/mol. The fourth-order valence-corrected chi connectivity index (χ4v) is 1.24. The van der Waals surface area contributed by atoms with E-state index in [1.165, 1.54) is 0 Å². The van der Waals surface area contributed by atoms with Gasteiger partial charge in [0.05, 0.1) is 0 Å². The third kappa shape index (κ3) is 4.14. The summed E-state index contributed by atoms with van der Waals surface area (Å²) in [7, 11) is 0. The van der Waals surface area contributed by atoms with Crippen molar-refractivity contribution >= 4 is 5.91 Å². The van der Waals surface area contributed by atoms with Crippen molar-refractivity contribution in [2.24, 2.45) is 5.92 Å². The Labute approximate surface area is 90.7 Å². The van der Waals surface area contributed by atoms with Crippen LogP contribution in [0.1, 0.15) is 26.7 Å². The summed E-state index contributed by atoms with van der Waals surface area (Å²) in [5, 5.41) is 7.00. The molecule has 0 saturated carbocycles. The van der Waals surface area contributed by atoms with Crippen LogP contribution in [-0.2, 0) is 11.3 Å². The second kappa shape index (κ2) is 6.22. The van der Waals surface area contributed by atoms with Crippen LogP contribution in [0.4, 0.5) is 0 Å². The zero-order valence-electron chi connectivity index (χ0n) is 9.44. The number of rotatable bonds is 6. The molecule has 0 aromatic carbocycles. The molecular weight excluding hydrogens is 190 g/mol. The summed E-state index contributed by atoms with van der Waals surface area (Å²) in [5.41, 5.74) is 0. The van der Waals surface area contributed by atoms with E-state index in [0.29, 0.717) is 0 Å². The summed E-state index contributed by atoms with van der Waals surface area (Å²) in [6.07, 6.45) is 5.50. The molecule has 4 nitrogen and oxygen atoms in total. The van der Waals surface area contributed by atoms with Crippen molar-refractivity contribution in [3.05, 3.63) is 18.5 Å². The van der Waals surface area contributed by atoms with Crippen molar-refractivity contribution in [1.29, 1.82) is 0 Å². The largest absolute Gasteiger partial charge is 0.356 e. The Morgan fingerprint density at radius 1 is 1.60 bits per heavy atom. The topological polar surface area (TPSA) is 46.9 Å². The van der Waals surface area contributed by atoms with Crippen molar-refractivity contribution in [2.45, 2.75) is 33.2 Å². The number of carbonyl (C=O) groups excluding carboxylic acids is 1. The van der Waals surface area contributed by atoms with Gasteiger partial charge in [-0.25, -0.2) is 0 Å². The van der Waals surface area contributed by atoms with Crippen LogP contribution in [-0.4, -0.2) is 22.2 Å². The highest BCUT2D eigenvalue weighted by atomic mass is 16.1. The fourth-order valence-electron chi connectivity index (χ4n) is 1.24. The second-order valence-electron chi connectivity index (χ2n) is 3.72. The normalized spacial score (nSPS) is 12.4. The zero-order valence-corrected chi connectivity index (χ0v) is 9.44. The zero-order chi connectivity index (χ0) is 11.1. The van der Waals surface area contributed by atoms with E-state index in [1.54, 1.807) is 6.20 Å². The van der Waals surface area contributed by atoms with Gasteiger partial charge in [-0.2, -0.15) is 5.10 Å². The van der Waals surface area contributed by atoms with Crippen LogP contribution < -0.4 is 5.32 Å². The lowest BCUT2D eigenvalue weighted by Gasteiger charge is -2.09. The Hall–Kier alpha value is -1.32. The van der Waals surface area contributed by atoms with E-state index >= 15 is 0 Å². The molecule has 15 heavy (non-hydrogen) atoms. The SMILES string of the molecule is CCC(C)C(=O)NCCCn1cccn1. The van der Waals surface area contributed by atoms with E-state index in [4.69, 9.17) is 0 Å². The van der Waals surface area contributed by atoms with Crippen LogP contribution in [0.3, 0.4) is 0 Å². The number of carbonyl (C=O) groups is 1. The molecule has 1 N–H and O–H groups in total. The Kier molecular flexibility index (Phi) is 4.87. The van der Waals surface area contributed by atoms with E-state index < -0.39 is 0 Å². The molecule has 0 aliphatic heterocycles. The minimum atomic E-state index is 0.120. The first-order chi connectivity index (χ1) is 7.24. The van der Waals surface area contributed by atoms with Gasteiger partial charge < -0.3 is 5.32 Å². The van der Waals surface area contributed by atoms with Crippen LogP contribution in [0.2, 0.25) is 0 Å². The molecule has 0 saturated heterocycles. The summed E-state index contributed by atoms with van der Waals surface area (Å²) in [4.78, 5) is 11.4. The quantitative estimate of drug-likeness (QED) is 0.720. The first-order valence-electron chi connectivity index (χ1n) is 5.49. The van der Waals surface area contributed by atoms with Crippen LogP contribution in [0.15, 0.2) is 18.5 Å². The standard InChI is InChI=1S/C11H19N3O/c1-3-10(2)11(15)12-6-4-8-14-9-5-7-13-14/h5,7,9-10H,3-4,6,8H2,1-2H3,(H,12,15). The summed E-state index contributed by atoms with van der Waals surface area (Å²) < 4.78 is 1.87. The average Bonchev–Trinajstić information content (AvgIpc) is 2.75. The summed E-state index contributed by atoms with van der Waals surface area (Å²) in [6, 6.07) is 1.90. The third-order valence-electron chi connectivity index (χ3n) is 2.48. The number of nitrogens with one attached hydrogen (secondary N) is 1. The van der Waals surface area contributed by atoms with Gasteiger partial charge in [0, 0.05) is 31.4 Å². The van der Waals surface area contributed by atoms with Crippen molar-refractivity contribution in [2.75, 3.05) is 6.54 Å². The van der Waals surface area contributed by atoms with Gasteiger partial charge in [-0.05, 0) is 18.9 Å². The number of aryl methyl sites for hydroxylation is 1. The molecule has 1 rings (SSSR count). The molecule has 84 valence electrons. The van der Waals surface area contributed by atoms with Gasteiger partial charge in [0.2, 0.25) is 5.91 Å². The number of hydrogen-bond donors (Lipinski definition) is 1. The van der Waals surface area contributed by atoms with E-state index in [1.807, 2.05) is 30.8 Å². The van der Waals surface area contributed by atoms with Gasteiger partial charge in [0.25, 0.3) is 0 Å². The monoisotopic (exact) mass is 209 g/mol. The number of aromatic nitrogens is 2. The van der Waals surface area contributed by atoms with Crippen molar-refractivity contribution < 1.29 is 4.79 Å². The predicted octanol–water partition coefficient (Wildman–Crippen LogP) is 1.44. The van der Waals surface area contributed by atoms with Gasteiger partial charge in [-0.15, -0.1) is 0 Å². The Morgan fingerprint density at radius 2 is 2.40 bits per heavy atom. The highest BCUT2D eigenvalue weighted by Crippen LogP contribution is 1.99. The molecule has 0 spiro atoms. The smallest absolute Gasteiger partial charge is 0.222 e. The Morgan fingerprint density at radius 3 is 3.00 bits per heavy atom. The van der Waals surface area contributed by atoms with Crippen LogP contribution in [0.25, 0.3) is 0 Å². The van der Waals surface area contributed by atoms with Crippen LogP contribution in [0, 0.1) is 5.92 Å².